The molecule has 1 aliphatic rings. The van der Waals surface area contributed by atoms with Gasteiger partial charge in [-0.25, -0.2) is 0 Å². The quantitative estimate of drug-likeness (QED) is 0.251. The summed E-state index contributed by atoms with van der Waals surface area (Å²) in [6.45, 7) is 9.90. The minimum absolute atomic E-state index is 0.0506. The zero-order valence-electron chi connectivity index (χ0n) is 17.3. The van der Waals surface area contributed by atoms with E-state index < -0.39 is 4.92 Å². The molecule has 0 N–H and O–H groups in total. The molecule has 2 aromatic carbocycles. The molecular weight excluding hydrogens is 366 g/mol. The average Bonchev–Trinajstić information content (AvgIpc) is 2.73. The molecule has 0 saturated carbocycles. The highest BCUT2D eigenvalue weighted by Gasteiger charge is 2.18. The van der Waals surface area contributed by atoms with E-state index in [2.05, 4.69) is 39.9 Å². The second kappa shape index (κ2) is 10.1. The van der Waals surface area contributed by atoms with E-state index in [9.17, 15) is 10.1 Å². The first-order valence-corrected chi connectivity index (χ1v) is 10.3. The highest BCUT2D eigenvalue weighted by Crippen LogP contribution is 2.27. The van der Waals surface area contributed by atoms with Gasteiger partial charge in [-0.15, -0.1) is 0 Å². The van der Waals surface area contributed by atoms with Crippen LogP contribution in [-0.2, 0) is 0 Å². The number of nitrogens with zero attached hydrogens (tertiary/aromatic N) is 5. The molecule has 2 aromatic rings. The summed E-state index contributed by atoms with van der Waals surface area (Å²) in [7, 11) is 0. The fraction of sp³-hybridized carbons (Fsp3) is 0.455. The lowest BCUT2D eigenvalue weighted by Crippen LogP contribution is -2.46. The maximum Gasteiger partial charge on any atom is 0.269 e. The number of hydrogen-bond acceptors (Lipinski definition) is 6. The number of nitro groups is 1. The van der Waals surface area contributed by atoms with Crippen molar-refractivity contribution in [2.75, 3.05) is 37.6 Å². The average molecular weight is 396 g/mol. The van der Waals surface area contributed by atoms with Crippen LogP contribution in [0.5, 0.6) is 0 Å². The van der Waals surface area contributed by atoms with E-state index in [1.807, 2.05) is 12.1 Å². The molecule has 1 heterocycles. The fourth-order valence-corrected chi connectivity index (χ4v) is 3.61. The first-order chi connectivity index (χ1) is 14.1. The predicted molar refractivity (Wildman–Crippen MR) is 117 cm³/mol. The molecule has 0 bridgehead atoms. The van der Waals surface area contributed by atoms with Crippen LogP contribution in [0.3, 0.4) is 0 Å². The first-order valence-electron chi connectivity index (χ1n) is 10.3. The summed E-state index contributed by atoms with van der Waals surface area (Å²) < 4.78 is 0. The summed E-state index contributed by atoms with van der Waals surface area (Å²) in [4.78, 5) is 15.3. The molecule has 0 unspecified atom stereocenters. The Hall–Kier alpha value is -2.80. The van der Waals surface area contributed by atoms with Gasteiger partial charge in [-0.05, 0) is 55.8 Å². The molecule has 29 heavy (non-hydrogen) atoms. The molecule has 154 valence electrons. The molecule has 0 atom stereocenters. The van der Waals surface area contributed by atoms with Gasteiger partial charge in [0.05, 0.1) is 16.3 Å². The lowest BCUT2D eigenvalue weighted by Gasteiger charge is -2.36. The van der Waals surface area contributed by atoms with Crippen molar-refractivity contribution >= 4 is 22.7 Å². The van der Waals surface area contributed by atoms with Crippen LogP contribution in [0.2, 0.25) is 0 Å². The molecule has 7 heteroatoms. The highest BCUT2D eigenvalue weighted by atomic mass is 16.6. The molecule has 7 nitrogen and oxygen atoms in total. The van der Waals surface area contributed by atoms with Gasteiger partial charge in [0.1, 0.15) is 0 Å². The monoisotopic (exact) mass is 395 g/mol. The third-order valence-electron chi connectivity index (χ3n) is 5.31. The van der Waals surface area contributed by atoms with Gasteiger partial charge in [0.25, 0.3) is 5.69 Å². The molecule has 1 fully saturated rings. The largest absolute Gasteiger partial charge is 0.369 e. The van der Waals surface area contributed by atoms with Gasteiger partial charge < -0.3 is 4.90 Å². The number of rotatable bonds is 8. The minimum Gasteiger partial charge on any atom is -0.369 e. The third-order valence-corrected chi connectivity index (χ3v) is 5.31. The standard InChI is InChI=1S/C22H29N5O2/c1-3-4-5-12-25-13-15-26(16-14-25)22-11-8-20(17-18(22)2)24-23-19-6-9-21(10-7-19)27(28)29/h6-11,17H,3-5,12-16H2,1-2H3. The van der Waals surface area contributed by atoms with Crippen molar-refractivity contribution < 1.29 is 4.92 Å². The number of anilines is 1. The van der Waals surface area contributed by atoms with E-state index in [1.165, 1.54) is 49.2 Å². The van der Waals surface area contributed by atoms with Crippen LogP contribution < -0.4 is 4.90 Å². The van der Waals surface area contributed by atoms with Gasteiger partial charge in [0.15, 0.2) is 0 Å². The Bertz CT molecular complexity index is 843. The second-order valence-electron chi connectivity index (χ2n) is 7.48. The van der Waals surface area contributed by atoms with E-state index in [4.69, 9.17) is 0 Å². The minimum atomic E-state index is -0.423. The third kappa shape index (κ3) is 5.84. The lowest BCUT2D eigenvalue weighted by atomic mass is 10.1. The Morgan fingerprint density at radius 1 is 0.966 bits per heavy atom. The van der Waals surface area contributed by atoms with Crippen molar-refractivity contribution in [3.63, 3.8) is 0 Å². The molecule has 0 radical (unpaired) electrons. The van der Waals surface area contributed by atoms with Crippen molar-refractivity contribution in [2.45, 2.75) is 33.1 Å². The maximum absolute atomic E-state index is 10.7. The van der Waals surface area contributed by atoms with Gasteiger partial charge in [-0.3, -0.25) is 15.0 Å². The summed E-state index contributed by atoms with van der Waals surface area (Å²) in [6.07, 6.45) is 3.88. The lowest BCUT2D eigenvalue weighted by molar-refractivity contribution is -0.384. The number of non-ortho nitro benzene ring substituents is 1. The van der Waals surface area contributed by atoms with Crippen molar-refractivity contribution in [1.82, 2.24) is 4.90 Å². The number of unbranched alkanes of at least 4 members (excludes halogenated alkanes) is 2. The van der Waals surface area contributed by atoms with Crippen molar-refractivity contribution in [3.8, 4) is 0 Å². The van der Waals surface area contributed by atoms with E-state index in [0.29, 0.717) is 5.69 Å². The number of azo groups is 1. The van der Waals surface area contributed by atoms with Gasteiger partial charge in [0.2, 0.25) is 0 Å². The molecule has 0 spiro atoms. The van der Waals surface area contributed by atoms with Crippen LogP contribution in [0.25, 0.3) is 0 Å². The summed E-state index contributed by atoms with van der Waals surface area (Å²) in [5.74, 6) is 0. The number of nitro benzene ring substituents is 1. The molecule has 3 rings (SSSR count). The Balaban J connectivity index is 1.58. The Morgan fingerprint density at radius 2 is 1.62 bits per heavy atom. The van der Waals surface area contributed by atoms with Crippen LogP contribution in [0.15, 0.2) is 52.7 Å². The number of piperazine rings is 1. The fourth-order valence-electron chi connectivity index (χ4n) is 3.61. The van der Waals surface area contributed by atoms with Crippen molar-refractivity contribution in [1.29, 1.82) is 0 Å². The second-order valence-corrected chi connectivity index (χ2v) is 7.48. The smallest absolute Gasteiger partial charge is 0.269 e. The number of benzene rings is 2. The zero-order chi connectivity index (χ0) is 20.6. The van der Waals surface area contributed by atoms with Crippen LogP contribution in [0.4, 0.5) is 22.7 Å². The zero-order valence-corrected chi connectivity index (χ0v) is 17.3. The molecule has 1 saturated heterocycles. The van der Waals surface area contributed by atoms with Crippen LogP contribution in [0.1, 0.15) is 31.7 Å². The van der Waals surface area contributed by atoms with E-state index >= 15 is 0 Å². The summed E-state index contributed by atoms with van der Waals surface area (Å²) in [5, 5.41) is 19.2. The molecule has 1 aliphatic heterocycles. The van der Waals surface area contributed by atoms with Crippen LogP contribution in [-0.4, -0.2) is 42.5 Å². The van der Waals surface area contributed by atoms with Crippen molar-refractivity contribution in [2.24, 2.45) is 10.2 Å². The van der Waals surface area contributed by atoms with Crippen molar-refractivity contribution in [3.05, 3.63) is 58.1 Å². The van der Waals surface area contributed by atoms with Gasteiger partial charge in [-0.2, -0.15) is 10.2 Å². The normalized spacial score (nSPS) is 15.2. The SMILES string of the molecule is CCCCCN1CCN(c2ccc(N=Nc3ccc([N+](=O)[O-])cc3)cc2C)CC1. The summed E-state index contributed by atoms with van der Waals surface area (Å²) >= 11 is 0. The van der Waals surface area contributed by atoms with E-state index in [0.717, 1.165) is 31.9 Å². The van der Waals surface area contributed by atoms with E-state index in [-0.39, 0.29) is 5.69 Å². The molecular formula is C22H29N5O2. The Kier molecular flexibility index (Phi) is 7.30. The predicted octanol–water partition coefficient (Wildman–Crippen LogP) is 5.63. The topological polar surface area (TPSA) is 74.3 Å². The van der Waals surface area contributed by atoms with Gasteiger partial charge in [-0.1, -0.05) is 19.8 Å². The van der Waals surface area contributed by atoms with E-state index in [1.54, 1.807) is 12.1 Å². The first kappa shape index (κ1) is 20.9. The summed E-state index contributed by atoms with van der Waals surface area (Å²) in [6, 6.07) is 12.2. The highest BCUT2D eigenvalue weighted by molar-refractivity contribution is 5.59. The van der Waals surface area contributed by atoms with Crippen LogP contribution >= 0.6 is 0 Å². The number of aryl methyl sites for hydroxylation is 1. The Labute approximate surface area is 172 Å². The molecule has 0 aromatic heterocycles. The van der Waals surface area contributed by atoms with Crippen LogP contribution in [0, 0.1) is 17.0 Å². The molecule has 0 aliphatic carbocycles. The summed E-state index contributed by atoms with van der Waals surface area (Å²) in [5.41, 5.74) is 3.87. The Morgan fingerprint density at radius 3 is 2.24 bits per heavy atom. The van der Waals surface area contributed by atoms with Gasteiger partial charge >= 0.3 is 0 Å². The maximum atomic E-state index is 10.7. The molecule has 0 amide bonds. The number of hydrogen-bond donors (Lipinski definition) is 0. The van der Waals surface area contributed by atoms with Gasteiger partial charge in [0, 0.05) is 44.0 Å².